The minimum absolute atomic E-state index is 0.148. The molecule has 3 heterocycles. The van der Waals surface area contributed by atoms with Crippen LogP contribution < -0.4 is 37.9 Å². The fraction of sp³-hybridized carbons (Fsp3) is 0.458. The Balaban J connectivity index is 1.32. The van der Waals surface area contributed by atoms with E-state index >= 15 is 0 Å². The second kappa shape index (κ2) is 18.7. The van der Waals surface area contributed by atoms with Gasteiger partial charge in [0.05, 0.1) is 56.9 Å². The lowest BCUT2D eigenvalue weighted by atomic mass is 9.85. The van der Waals surface area contributed by atoms with Gasteiger partial charge < -0.3 is 37.9 Å². The van der Waals surface area contributed by atoms with E-state index in [0.717, 1.165) is 124 Å². The number of allylic oxidation sites excluding steroid dienone is 2. The van der Waals surface area contributed by atoms with E-state index in [9.17, 15) is 0 Å². The maximum atomic E-state index is 5.88. The van der Waals surface area contributed by atoms with Crippen LogP contribution in [0.4, 0.5) is 0 Å². The monoisotopic (exact) mass is 792 g/mol. The zero-order valence-electron chi connectivity index (χ0n) is 35.6. The van der Waals surface area contributed by atoms with Gasteiger partial charge in [-0.25, -0.2) is 0 Å². The Morgan fingerprint density at radius 1 is 0.362 bits per heavy atom. The van der Waals surface area contributed by atoms with Crippen LogP contribution in [0.5, 0.6) is 46.0 Å². The van der Waals surface area contributed by atoms with Crippen molar-refractivity contribution < 1.29 is 37.9 Å². The van der Waals surface area contributed by atoms with E-state index in [4.69, 9.17) is 37.9 Å². The topological polar surface area (TPSA) is 80.3 Å². The third-order valence-corrected chi connectivity index (χ3v) is 12.4. The van der Waals surface area contributed by atoms with E-state index in [-0.39, 0.29) is 12.1 Å². The summed E-state index contributed by atoms with van der Waals surface area (Å²) in [5.41, 5.74) is 10.2. The molecule has 10 nitrogen and oxygen atoms in total. The summed E-state index contributed by atoms with van der Waals surface area (Å²) in [5, 5.41) is 0. The average Bonchev–Trinajstić information content (AvgIpc) is 3.26. The molecule has 10 heteroatoms. The van der Waals surface area contributed by atoms with E-state index in [1.807, 2.05) is 0 Å². The van der Waals surface area contributed by atoms with Crippen LogP contribution >= 0.6 is 0 Å². The van der Waals surface area contributed by atoms with Crippen molar-refractivity contribution >= 4 is 0 Å². The molecule has 0 bridgehead atoms. The van der Waals surface area contributed by atoms with Gasteiger partial charge in [0.1, 0.15) is 0 Å². The third kappa shape index (κ3) is 8.41. The number of fused-ring (bicyclic) bond motifs is 8. The number of nitrogens with zero attached hydrogens (tertiary/aromatic N) is 2. The molecule has 0 aromatic heterocycles. The van der Waals surface area contributed by atoms with E-state index in [0.29, 0.717) is 0 Å². The highest BCUT2D eigenvalue weighted by atomic mass is 16.5. The number of methoxy groups -OCH3 is 8. The first-order valence-corrected chi connectivity index (χ1v) is 20.5. The van der Waals surface area contributed by atoms with Crippen LogP contribution in [-0.2, 0) is 38.5 Å². The molecule has 0 amide bonds. The summed E-state index contributed by atoms with van der Waals surface area (Å²) < 4.78 is 46.7. The molecular weight excluding hydrogens is 733 g/mol. The number of rotatable bonds is 8. The molecule has 0 N–H and O–H groups in total. The quantitative estimate of drug-likeness (QED) is 0.163. The lowest BCUT2D eigenvalue weighted by Crippen LogP contribution is -2.39. The van der Waals surface area contributed by atoms with Gasteiger partial charge in [-0.1, -0.05) is 12.2 Å². The molecule has 58 heavy (non-hydrogen) atoms. The van der Waals surface area contributed by atoms with Gasteiger partial charge in [-0.2, -0.15) is 0 Å². The van der Waals surface area contributed by atoms with Crippen molar-refractivity contribution in [3.05, 3.63) is 105 Å². The molecule has 3 aliphatic rings. The first-order valence-electron chi connectivity index (χ1n) is 20.5. The highest BCUT2D eigenvalue weighted by Gasteiger charge is 2.33. The molecule has 3 aliphatic heterocycles. The summed E-state index contributed by atoms with van der Waals surface area (Å²) in [5.74, 6) is 6.03. The first kappa shape index (κ1) is 41.1. The molecule has 2 atom stereocenters. The fourth-order valence-electron chi connectivity index (χ4n) is 9.33. The van der Waals surface area contributed by atoms with Crippen LogP contribution in [0, 0.1) is 0 Å². The molecule has 7 rings (SSSR count). The number of hydrogen-bond donors (Lipinski definition) is 0. The average molecular weight is 793 g/mol. The summed E-state index contributed by atoms with van der Waals surface area (Å²) >= 11 is 0. The van der Waals surface area contributed by atoms with Gasteiger partial charge in [-0.3, -0.25) is 9.80 Å². The standard InChI is InChI=1S/C48H60N2O8/c1-51-41-23-31-13-9-10-14-32-24-42(52-2)46(56-6)28-36(32)22-40-38-30-48(58-8)44(54-4)26-34(38)16-20-50(40)18-12-11-17-49-19-15-33-25-43(53-3)47(57-7)29-37(33)39(49)21-35(31)27-45(41)55-5/h9-10,23-30,39-40H,11-22H2,1-8H3/b10-9+/t39-,40-/m0/s1. The maximum Gasteiger partial charge on any atom is 0.161 e. The van der Waals surface area contributed by atoms with Crippen molar-refractivity contribution in [1.29, 1.82) is 0 Å². The molecule has 0 radical (unpaired) electrons. The zero-order valence-corrected chi connectivity index (χ0v) is 35.6. The summed E-state index contributed by atoms with van der Waals surface area (Å²) in [7, 11) is 13.7. The van der Waals surface area contributed by atoms with Crippen molar-refractivity contribution in [2.75, 3.05) is 83.1 Å². The SMILES string of the molecule is COc1cc2c(cc1OC)C[C@H]1c3cc(OC)c(OC)cc3CCN1CCCCN1CCc3cc(OC)c(OC)cc3[C@@H]1Cc1cc(OC)c(OC)cc1C/C=C/C2. The Bertz CT molecular complexity index is 1950. The van der Waals surface area contributed by atoms with E-state index < -0.39 is 0 Å². The Kier molecular flexibility index (Phi) is 13.2. The molecule has 0 spiro atoms. The molecule has 310 valence electrons. The minimum atomic E-state index is 0.148. The van der Waals surface area contributed by atoms with Gasteiger partial charge in [-0.15, -0.1) is 0 Å². The van der Waals surface area contributed by atoms with Gasteiger partial charge in [0, 0.05) is 25.2 Å². The van der Waals surface area contributed by atoms with E-state index in [1.54, 1.807) is 56.9 Å². The van der Waals surface area contributed by atoms with Gasteiger partial charge in [0.2, 0.25) is 0 Å². The Morgan fingerprint density at radius 2 is 0.655 bits per heavy atom. The van der Waals surface area contributed by atoms with Gasteiger partial charge in [0.15, 0.2) is 46.0 Å². The summed E-state index contributed by atoms with van der Waals surface area (Å²) in [4.78, 5) is 5.37. The highest BCUT2D eigenvalue weighted by molar-refractivity contribution is 5.54. The lowest BCUT2D eigenvalue weighted by molar-refractivity contribution is 0.158. The minimum Gasteiger partial charge on any atom is -0.493 e. The predicted molar refractivity (Wildman–Crippen MR) is 227 cm³/mol. The first-order chi connectivity index (χ1) is 28.4. The van der Waals surface area contributed by atoms with Crippen molar-refractivity contribution in [2.24, 2.45) is 0 Å². The zero-order chi connectivity index (χ0) is 40.8. The molecule has 0 saturated heterocycles. The van der Waals surface area contributed by atoms with E-state index in [2.05, 4.69) is 70.5 Å². The van der Waals surface area contributed by atoms with Gasteiger partial charge in [0.25, 0.3) is 0 Å². The van der Waals surface area contributed by atoms with Crippen LogP contribution in [0.3, 0.4) is 0 Å². The van der Waals surface area contributed by atoms with Crippen molar-refractivity contribution in [1.82, 2.24) is 9.80 Å². The summed E-state index contributed by atoms with van der Waals surface area (Å²) in [6, 6.07) is 17.7. The Morgan fingerprint density at radius 3 is 0.983 bits per heavy atom. The lowest BCUT2D eigenvalue weighted by Gasteiger charge is -2.40. The Labute approximate surface area is 344 Å². The summed E-state index contributed by atoms with van der Waals surface area (Å²) in [6.45, 7) is 3.92. The number of benzene rings is 4. The number of hydrogen-bond acceptors (Lipinski definition) is 10. The van der Waals surface area contributed by atoms with Crippen LogP contribution in [-0.4, -0.2) is 92.9 Å². The third-order valence-electron chi connectivity index (χ3n) is 12.4. The fourth-order valence-corrected chi connectivity index (χ4v) is 9.33. The van der Waals surface area contributed by atoms with E-state index in [1.165, 1.54) is 44.5 Å². The molecular formula is C48H60N2O8. The van der Waals surface area contributed by atoms with Gasteiger partial charge >= 0.3 is 0 Å². The van der Waals surface area contributed by atoms with Crippen LogP contribution in [0.2, 0.25) is 0 Å². The van der Waals surface area contributed by atoms with Gasteiger partial charge in [-0.05, 0) is 157 Å². The molecule has 0 aliphatic carbocycles. The van der Waals surface area contributed by atoms with Crippen molar-refractivity contribution in [2.45, 2.75) is 63.5 Å². The molecule has 0 unspecified atom stereocenters. The number of ether oxygens (including phenoxy) is 8. The predicted octanol–water partition coefficient (Wildman–Crippen LogP) is 8.17. The second-order valence-electron chi connectivity index (χ2n) is 15.4. The highest BCUT2D eigenvalue weighted by Crippen LogP contribution is 2.44. The Hall–Kier alpha value is -5.06. The normalized spacial score (nSPS) is 19.2. The van der Waals surface area contributed by atoms with Crippen molar-refractivity contribution in [3.8, 4) is 46.0 Å². The van der Waals surface area contributed by atoms with Crippen molar-refractivity contribution in [3.63, 3.8) is 0 Å². The smallest absolute Gasteiger partial charge is 0.161 e. The van der Waals surface area contributed by atoms with Crippen LogP contribution in [0.25, 0.3) is 0 Å². The van der Waals surface area contributed by atoms with Crippen LogP contribution in [0.15, 0.2) is 60.7 Å². The van der Waals surface area contributed by atoms with Crippen LogP contribution in [0.1, 0.15) is 69.4 Å². The summed E-state index contributed by atoms with van der Waals surface area (Å²) in [6.07, 6.45) is 11.8. The molecule has 0 fully saturated rings. The largest absolute Gasteiger partial charge is 0.493 e. The molecule has 0 saturated carbocycles. The molecule has 4 aromatic rings. The second-order valence-corrected chi connectivity index (χ2v) is 15.4. The maximum absolute atomic E-state index is 5.88. The molecule has 4 aromatic carbocycles.